The number of anilines is 1. The number of halogens is 4. The zero-order valence-corrected chi connectivity index (χ0v) is 23.7. The molecule has 222 valence electrons. The standard InChI is InChI=1S/C28H30F4N2O6S/c1-27(2,3)40-26(36)34-12-6-5-7-23(34)19-14-21(29)20(28(30,31)32)15-22(19)33-41(37,38)24-13-17(25(35)39-4)10-11-18(24)16-8-9-16/h7,10-11,13-16,33H,5-6,8-9,12H2,1-4H3. The predicted octanol–water partition coefficient (Wildman–Crippen LogP) is 6.68. The smallest absolute Gasteiger partial charge is 0.419 e. The van der Waals surface area contributed by atoms with Gasteiger partial charge in [0.1, 0.15) is 11.4 Å². The summed E-state index contributed by atoms with van der Waals surface area (Å²) in [7, 11) is -3.50. The van der Waals surface area contributed by atoms with E-state index in [-0.39, 0.29) is 34.2 Å². The molecule has 2 aromatic rings. The van der Waals surface area contributed by atoms with Gasteiger partial charge in [-0.15, -0.1) is 0 Å². The zero-order valence-electron chi connectivity index (χ0n) is 22.9. The summed E-state index contributed by atoms with van der Waals surface area (Å²) in [5.41, 5.74) is -3.14. The van der Waals surface area contributed by atoms with Gasteiger partial charge in [0, 0.05) is 12.1 Å². The molecule has 1 heterocycles. The molecule has 1 amide bonds. The number of carbonyl (C=O) groups excluding carboxylic acids is 2. The van der Waals surface area contributed by atoms with Crippen molar-refractivity contribution in [2.75, 3.05) is 18.4 Å². The Hall–Kier alpha value is -3.61. The first kappa shape index (κ1) is 30.4. The zero-order chi connectivity index (χ0) is 30.3. The van der Waals surface area contributed by atoms with Crippen molar-refractivity contribution in [2.24, 2.45) is 0 Å². The fraction of sp³-hybridized carbons (Fsp3) is 0.429. The van der Waals surface area contributed by atoms with Gasteiger partial charge in [-0.25, -0.2) is 22.4 Å². The number of rotatable bonds is 6. The topological polar surface area (TPSA) is 102 Å². The minimum Gasteiger partial charge on any atom is -0.465 e. The van der Waals surface area contributed by atoms with E-state index in [9.17, 15) is 35.6 Å². The fourth-order valence-corrected chi connectivity index (χ4v) is 5.91. The number of benzene rings is 2. The van der Waals surface area contributed by atoms with Gasteiger partial charge in [-0.3, -0.25) is 9.62 Å². The molecular weight excluding hydrogens is 568 g/mol. The molecule has 2 aliphatic rings. The van der Waals surface area contributed by atoms with Gasteiger partial charge >= 0.3 is 18.2 Å². The quantitative estimate of drug-likeness (QED) is 0.294. The lowest BCUT2D eigenvalue weighted by molar-refractivity contribution is -0.139. The lowest BCUT2D eigenvalue weighted by Gasteiger charge is -2.32. The molecule has 8 nitrogen and oxygen atoms in total. The minimum absolute atomic E-state index is 0.00144. The Morgan fingerprint density at radius 3 is 2.34 bits per heavy atom. The molecule has 0 radical (unpaired) electrons. The molecule has 0 spiro atoms. The van der Waals surface area contributed by atoms with Crippen molar-refractivity contribution in [3.8, 4) is 0 Å². The molecule has 2 aromatic carbocycles. The second-order valence-corrected chi connectivity index (χ2v) is 12.5. The molecule has 4 rings (SSSR count). The Labute approximate surface area is 235 Å². The highest BCUT2D eigenvalue weighted by Gasteiger charge is 2.38. The Balaban J connectivity index is 1.86. The minimum atomic E-state index is -5.14. The molecular formula is C28H30F4N2O6S. The molecule has 1 N–H and O–H groups in total. The van der Waals surface area contributed by atoms with E-state index in [4.69, 9.17) is 9.47 Å². The Bertz CT molecular complexity index is 1510. The van der Waals surface area contributed by atoms with Crippen molar-refractivity contribution in [1.82, 2.24) is 4.90 Å². The Morgan fingerprint density at radius 2 is 1.76 bits per heavy atom. The fourth-order valence-electron chi connectivity index (χ4n) is 4.51. The van der Waals surface area contributed by atoms with Gasteiger partial charge in [0.15, 0.2) is 0 Å². The molecule has 0 unspecified atom stereocenters. The molecule has 1 aliphatic heterocycles. The van der Waals surface area contributed by atoms with Crippen LogP contribution in [0.3, 0.4) is 0 Å². The normalized spacial score (nSPS) is 16.2. The van der Waals surface area contributed by atoms with Crippen LogP contribution in [-0.2, 0) is 25.7 Å². The second-order valence-electron chi connectivity index (χ2n) is 10.9. The number of ether oxygens (including phenoxy) is 2. The van der Waals surface area contributed by atoms with Crippen molar-refractivity contribution < 1.29 is 45.0 Å². The highest BCUT2D eigenvalue weighted by atomic mass is 32.2. The highest BCUT2D eigenvalue weighted by molar-refractivity contribution is 7.92. The molecule has 0 atom stereocenters. The number of nitrogens with one attached hydrogen (secondary N) is 1. The van der Waals surface area contributed by atoms with Crippen LogP contribution in [-0.4, -0.2) is 44.6 Å². The Morgan fingerprint density at radius 1 is 1.07 bits per heavy atom. The van der Waals surface area contributed by atoms with E-state index in [0.29, 0.717) is 43.4 Å². The molecule has 1 fully saturated rings. The van der Waals surface area contributed by atoms with Gasteiger partial charge in [-0.05, 0) is 82.2 Å². The molecule has 13 heteroatoms. The first-order valence-corrected chi connectivity index (χ1v) is 14.4. The van der Waals surface area contributed by atoms with Crippen LogP contribution in [0.25, 0.3) is 5.70 Å². The molecule has 41 heavy (non-hydrogen) atoms. The molecule has 1 aliphatic carbocycles. The number of esters is 1. The number of amides is 1. The highest BCUT2D eigenvalue weighted by Crippen LogP contribution is 2.44. The predicted molar refractivity (Wildman–Crippen MR) is 142 cm³/mol. The van der Waals surface area contributed by atoms with E-state index in [0.717, 1.165) is 18.1 Å². The van der Waals surface area contributed by atoms with Crippen LogP contribution in [0.4, 0.5) is 28.0 Å². The van der Waals surface area contributed by atoms with Crippen molar-refractivity contribution in [2.45, 2.75) is 69.0 Å². The first-order valence-electron chi connectivity index (χ1n) is 12.9. The van der Waals surface area contributed by atoms with Crippen LogP contribution in [0.2, 0.25) is 0 Å². The second kappa shape index (κ2) is 11.0. The SMILES string of the molecule is COC(=O)c1ccc(C2CC2)c(S(=O)(=O)Nc2cc(C(F)(F)F)c(F)cc2C2=CCCCN2C(=O)OC(C)(C)C)c1. The molecule has 0 aromatic heterocycles. The van der Waals surface area contributed by atoms with Crippen molar-refractivity contribution in [3.05, 3.63) is 64.5 Å². The van der Waals surface area contributed by atoms with E-state index in [2.05, 4.69) is 4.72 Å². The van der Waals surface area contributed by atoms with Crippen LogP contribution in [0, 0.1) is 5.82 Å². The average Bonchev–Trinajstić information content (AvgIpc) is 3.72. The third kappa shape index (κ3) is 6.83. The summed E-state index contributed by atoms with van der Waals surface area (Å²) in [4.78, 5) is 26.0. The number of allylic oxidation sites excluding steroid dienone is 1. The summed E-state index contributed by atoms with van der Waals surface area (Å²) in [6.07, 6.45) is -2.16. The summed E-state index contributed by atoms with van der Waals surface area (Å²) >= 11 is 0. The number of carbonyl (C=O) groups is 2. The lowest BCUT2D eigenvalue weighted by atomic mass is 10.0. The van der Waals surface area contributed by atoms with Crippen LogP contribution in [0.5, 0.6) is 0 Å². The maximum Gasteiger partial charge on any atom is 0.419 e. The van der Waals surface area contributed by atoms with Gasteiger partial charge < -0.3 is 9.47 Å². The maximum atomic E-state index is 14.9. The van der Waals surface area contributed by atoms with Gasteiger partial charge in [-0.1, -0.05) is 12.1 Å². The van der Waals surface area contributed by atoms with Gasteiger partial charge in [0.25, 0.3) is 10.0 Å². The first-order chi connectivity index (χ1) is 19.0. The third-order valence-corrected chi connectivity index (χ3v) is 7.92. The van der Waals surface area contributed by atoms with E-state index in [1.807, 2.05) is 0 Å². The average molecular weight is 599 g/mol. The van der Waals surface area contributed by atoms with E-state index in [1.165, 1.54) is 18.2 Å². The maximum absolute atomic E-state index is 14.9. The molecule has 0 saturated heterocycles. The summed E-state index contributed by atoms with van der Waals surface area (Å²) < 4.78 is 95.9. The Kier molecular flexibility index (Phi) is 8.14. The lowest BCUT2D eigenvalue weighted by Crippen LogP contribution is -2.37. The third-order valence-electron chi connectivity index (χ3n) is 6.50. The number of methoxy groups -OCH3 is 1. The summed E-state index contributed by atoms with van der Waals surface area (Å²) in [6, 6.07) is 4.91. The number of sulfonamides is 1. The number of nitrogens with zero attached hydrogens (tertiary/aromatic N) is 1. The van der Waals surface area contributed by atoms with Crippen molar-refractivity contribution >= 4 is 33.5 Å². The van der Waals surface area contributed by atoms with Crippen molar-refractivity contribution in [1.29, 1.82) is 0 Å². The van der Waals surface area contributed by atoms with Crippen molar-refractivity contribution in [3.63, 3.8) is 0 Å². The number of hydrogen-bond acceptors (Lipinski definition) is 6. The van der Waals surface area contributed by atoms with Crippen LogP contribution in [0.15, 0.2) is 41.3 Å². The number of alkyl halides is 3. The van der Waals surface area contributed by atoms with E-state index >= 15 is 0 Å². The van der Waals surface area contributed by atoms with E-state index < -0.39 is 50.9 Å². The summed E-state index contributed by atoms with van der Waals surface area (Å²) in [5.74, 6) is -2.56. The monoisotopic (exact) mass is 598 g/mol. The van der Waals surface area contributed by atoms with Crippen LogP contribution < -0.4 is 4.72 Å². The molecule has 0 bridgehead atoms. The summed E-state index contributed by atoms with van der Waals surface area (Å²) in [6.45, 7) is 5.02. The van der Waals surface area contributed by atoms with Crippen LogP contribution >= 0.6 is 0 Å². The largest absolute Gasteiger partial charge is 0.465 e. The van der Waals surface area contributed by atoms with Gasteiger partial charge in [0.05, 0.1) is 34.5 Å². The van der Waals surface area contributed by atoms with Gasteiger partial charge in [-0.2, -0.15) is 13.2 Å². The van der Waals surface area contributed by atoms with E-state index in [1.54, 1.807) is 20.8 Å². The number of hydrogen-bond donors (Lipinski definition) is 1. The summed E-state index contributed by atoms with van der Waals surface area (Å²) in [5, 5.41) is 0. The van der Waals surface area contributed by atoms with Gasteiger partial charge in [0.2, 0.25) is 0 Å². The van der Waals surface area contributed by atoms with Crippen LogP contribution in [0.1, 0.15) is 79.4 Å². The molecule has 1 saturated carbocycles.